The number of nitrogens with zero attached hydrogens (tertiary/aromatic N) is 1. The first-order valence-electron chi connectivity index (χ1n) is 7.17. The quantitative estimate of drug-likeness (QED) is 0.546. The average Bonchev–Trinajstić information content (AvgIpc) is 2.41. The largest absolute Gasteiger partial charge is 0.317 e. The molecule has 0 aromatic heterocycles. The normalized spacial score (nSPS) is 19.4. The van der Waals surface area contributed by atoms with Crippen LogP contribution >= 0.6 is 0 Å². The third-order valence-corrected chi connectivity index (χ3v) is 4.60. The number of benzene rings is 1. The summed E-state index contributed by atoms with van der Waals surface area (Å²) in [6.45, 7) is 4.08. The predicted molar refractivity (Wildman–Crippen MR) is 78.4 cm³/mol. The van der Waals surface area contributed by atoms with Crippen LogP contribution in [0.3, 0.4) is 0 Å². The Labute approximate surface area is 112 Å². The monoisotopic (exact) mass is 244 g/mol. The van der Waals surface area contributed by atoms with Crippen LogP contribution in [0.5, 0.6) is 0 Å². The molecule has 0 heterocycles. The summed E-state index contributed by atoms with van der Waals surface area (Å²) in [5.41, 5.74) is 1.39. The van der Waals surface area contributed by atoms with Crippen LogP contribution in [0.4, 0.5) is 0 Å². The molecule has 1 aliphatic rings. The number of hydrogen-bond acceptors (Lipinski definition) is 0. The highest BCUT2D eigenvalue weighted by Crippen LogP contribution is 2.35. The minimum Gasteiger partial charge on any atom is -0.317 e. The van der Waals surface area contributed by atoms with Crippen LogP contribution in [-0.4, -0.2) is 24.6 Å². The van der Waals surface area contributed by atoms with Gasteiger partial charge in [0.1, 0.15) is 6.04 Å². The molecular weight excluding hydrogens is 218 g/mol. The summed E-state index contributed by atoms with van der Waals surface area (Å²) in [5, 5.41) is 0. The summed E-state index contributed by atoms with van der Waals surface area (Å²) in [5.74, 6) is 0. The van der Waals surface area contributed by atoms with Gasteiger partial charge in [-0.15, -0.1) is 0 Å². The second kappa shape index (κ2) is 5.71. The summed E-state index contributed by atoms with van der Waals surface area (Å²) in [6, 6.07) is 12.0. The maximum atomic E-state index is 4.08. The van der Waals surface area contributed by atoms with E-state index in [2.05, 4.69) is 57.1 Å². The van der Waals surface area contributed by atoms with E-state index < -0.39 is 0 Å². The topological polar surface area (TPSA) is 0 Å². The van der Waals surface area contributed by atoms with Crippen LogP contribution in [0.2, 0.25) is 0 Å². The van der Waals surface area contributed by atoms with Crippen molar-refractivity contribution in [2.45, 2.75) is 44.2 Å². The van der Waals surface area contributed by atoms with Crippen molar-refractivity contribution >= 4 is 0 Å². The molecule has 0 radical (unpaired) electrons. The van der Waals surface area contributed by atoms with Crippen molar-refractivity contribution in [2.24, 2.45) is 0 Å². The van der Waals surface area contributed by atoms with Gasteiger partial charge in [-0.25, -0.2) is 0 Å². The van der Waals surface area contributed by atoms with Gasteiger partial charge in [-0.2, -0.15) is 0 Å². The van der Waals surface area contributed by atoms with Gasteiger partial charge in [-0.3, -0.25) is 0 Å². The summed E-state index contributed by atoms with van der Waals surface area (Å²) in [6.07, 6.45) is 9.06. The molecule has 0 spiro atoms. The second-order valence-electron chi connectivity index (χ2n) is 6.01. The molecule has 1 fully saturated rings. The fourth-order valence-electron chi connectivity index (χ4n) is 3.42. The lowest BCUT2D eigenvalue weighted by Gasteiger charge is -2.45. The fraction of sp³-hybridized carbons (Fsp3) is 0.529. The van der Waals surface area contributed by atoms with E-state index in [-0.39, 0.29) is 0 Å². The number of likely N-dealkylation sites (N-methyl/N-ethyl adjacent to an activating group) is 1. The Morgan fingerprint density at radius 2 is 1.72 bits per heavy atom. The second-order valence-corrected chi connectivity index (χ2v) is 6.01. The Morgan fingerprint density at radius 3 is 2.28 bits per heavy atom. The molecule has 1 unspecified atom stereocenters. The lowest BCUT2D eigenvalue weighted by Crippen LogP contribution is -2.51. The van der Waals surface area contributed by atoms with Gasteiger partial charge in [-0.1, -0.05) is 43.3 Å². The van der Waals surface area contributed by atoms with Crippen LogP contribution in [-0.2, 0) is 0 Å². The molecule has 1 aliphatic carbocycles. The van der Waals surface area contributed by atoms with Crippen molar-refractivity contribution in [3.05, 3.63) is 48.6 Å². The first kappa shape index (κ1) is 13.4. The molecule has 1 aromatic rings. The van der Waals surface area contributed by atoms with Gasteiger partial charge in [0.25, 0.3) is 0 Å². The van der Waals surface area contributed by atoms with E-state index in [0.29, 0.717) is 6.04 Å². The zero-order valence-electron chi connectivity index (χ0n) is 11.8. The van der Waals surface area contributed by atoms with Crippen molar-refractivity contribution in [1.82, 2.24) is 0 Å². The molecule has 0 bridgehead atoms. The minimum atomic E-state index is 0.411. The van der Waals surface area contributed by atoms with E-state index in [4.69, 9.17) is 0 Å². The predicted octanol–water partition coefficient (Wildman–Crippen LogP) is 4.32. The Kier molecular flexibility index (Phi) is 4.23. The molecule has 1 atom stereocenters. The average molecular weight is 244 g/mol. The Balaban J connectivity index is 2.22. The van der Waals surface area contributed by atoms with Crippen molar-refractivity contribution in [3.8, 4) is 0 Å². The van der Waals surface area contributed by atoms with Crippen molar-refractivity contribution < 1.29 is 4.48 Å². The summed E-state index contributed by atoms with van der Waals surface area (Å²) in [7, 11) is 4.74. The number of rotatable bonds is 4. The third kappa shape index (κ3) is 2.67. The maximum Gasteiger partial charge on any atom is 0.133 e. The first-order chi connectivity index (χ1) is 8.66. The molecule has 0 saturated heterocycles. The van der Waals surface area contributed by atoms with E-state index in [1.54, 1.807) is 0 Å². The summed E-state index contributed by atoms with van der Waals surface area (Å²) >= 11 is 0. The standard InChI is InChI=1S/C17H26N/c1-4-17(15-11-7-5-8-12-15)18(2,3)16-13-9-6-10-14-16/h4-5,7-8,11-12,16-17H,1,6,9-10,13-14H2,2-3H3/q+1. The SMILES string of the molecule is C=CC(c1ccccc1)[N+](C)(C)C1CCCCC1. The molecule has 1 saturated carbocycles. The Morgan fingerprint density at radius 1 is 1.11 bits per heavy atom. The van der Waals surface area contributed by atoms with Crippen molar-refractivity contribution in [2.75, 3.05) is 14.1 Å². The van der Waals surface area contributed by atoms with E-state index >= 15 is 0 Å². The van der Waals surface area contributed by atoms with E-state index in [1.165, 1.54) is 37.7 Å². The molecular formula is C17H26N+. The fourth-order valence-corrected chi connectivity index (χ4v) is 3.42. The number of quaternary nitrogens is 1. The van der Waals surface area contributed by atoms with Gasteiger partial charge in [0.05, 0.1) is 20.1 Å². The maximum absolute atomic E-state index is 4.08. The van der Waals surface area contributed by atoms with Gasteiger partial charge in [0, 0.05) is 5.56 Å². The lowest BCUT2D eigenvalue weighted by atomic mass is 9.90. The summed E-state index contributed by atoms with van der Waals surface area (Å²) in [4.78, 5) is 0. The minimum absolute atomic E-state index is 0.411. The Bertz CT molecular complexity index is 374. The zero-order chi connectivity index (χ0) is 13.0. The van der Waals surface area contributed by atoms with E-state index in [1.807, 2.05) is 0 Å². The van der Waals surface area contributed by atoms with Gasteiger partial charge in [-0.05, 0) is 31.8 Å². The molecule has 0 aliphatic heterocycles. The van der Waals surface area contributed by atoms with E-state index in [0.717, 1.165) is 10.5 Å². The van der Waals surface area contributed by atoms with E-state index in [9.17, 15) is 0 Å². The summed E-state index contributed by atoms with van der Waals surface area (Å²) < 4.78 is 1.05. The highest BCUT2D eigenvalue weighted by molar-refractivity contribution is 5.20. The highest BCUT2D eigenvalue weighted by atomic mass is 15.4. The lowest BCUT2D eigenvalue weighted by molar-refractivity contribution is -0.939. The smallest absolute Gasteiger partial charge is 0.133 e. The van der Waals surface area contributed by atoms with Crippen molar-refractivity contribution in [3.63, 3.8) is 0 Å². The van der Waals surface area contributed by atoms with Crippen LogP contribution in [0.15, 0.2) is 43.0 Å². The molecule has 0 N–H and O–H groups in total. The Hall–Kier alpha value is -1.08. The molecule has 1 heteroatoms. The van der Waals surface area contributed by atoms with Gasteiger partial charge in [0.15, 0.2) is 0 Å². The van der Waals surface area contributed by atoms with Crippen LogP contribution in [0.1, 0.15) is 43.7 Å². The zero-order valence-corrected chi connectivity index (χ0v) is 11.8. The van der Waals surface area contributed by atoms with Crippen molar-refractivity contribution in [1.29, 1.82) is 0 Å². The van der Waals surface area contributed by atoms with Crippen LogP contribution in [0.25, 0.3) is 0 Å². The van der Waals surface area contributed by atoms with Gasteiger partial charge < -0.3 is 4.48 Å². The number of hydrogen-bond donors (Lipinski definition) is 0. The molecule has 1 aromatic carbocycles. The first-order valence-corrected chi connectivity index (χ1v) is 7.17. The molecule has 18 heavy (non-hydrogen) atoms. The van der Waals surface area contributed by atoms with Gasteiger partial charge in [0.2, 0.25) is 0 Å². The van der Waals surface area contributed by atoms with Gasteiger partial charge >= 0.3 is 0 Å². The molecule has 2 rings (SSSR count). The van der Waals surface area contributed by atoms with Crippen LogP contribution in [0, 0.1) is 0 Å². The molecule has 0 amide bonds. The highest BCUT2D eigenvalue weighted by Gasteiger charge is 2.36. The molecule has 1 nitrogen and oxygen atoms in total. The molecule has 98 valence electrons. The third-order valence-electron chi connectivity index (χ3n) is 4.60. The van der Waals surface area contributed by atoms with Crippen LogP contribution < -0.4 is 0 Å².